The highest BCUT2D eigenvalue weighted by Crippen LogP contribution is 1.93. The van der Waals surface area contributed by atoms with Gasteiger partial charge < -0.3 is 20.3 Å². The Bertz CT molecular complexity index is 238. The maximum absolute atomic E-state index is 10.7. The molecule has 0 bridgehead atoms. The molecule has 3 N–H and O–H groups in total. The zero-order valence-corrected chi connectivity index (χ0v) is 7.52. The van der Waals surface area contributed by atoms with E-state index in [9.17, 15) is 14.4 Å². The number of aliphatic carboxylic acids is 2. The van der Waals surface area contributed by atoms with Crippen molar-refractivity contribution in [1.82, 2.24) is 5.32 Å². The van der Waals surface area contributed by atoms with Gasteiger partial charge in [-0.05, 0) is 6.92 Å². The zero-order chi connectivity index (χ0) is 11.1. The third kappa shape index (κ3) is 4.96. The van der Waals surface area contributed by atoms with Gasteiger partial charge in [-0.25, -0.2) is 9.59 Å². The van der Waals surface area contributed by atoms with Gasteiger partial charge >= 0.3 is 18.0 Å². The number of nitrogens with one attached hydrogen (secondary N) is 1. The van der Waals surface area contributed by atoms with E-state index in [-0.39, 0.29) is 6.61 Å². The molecular formula is C7H11NO6. The second-order valence-electron chi connectivity index (χ2n) is 2.35. The number of hydrogen-bond acceptors (Lipinski definition) is 4. The number of carboxylic acids is 2. The molecule has 0 aliphatic rings. The molecule has 0 fully saturated rings. The fourth-order valence-corrected chi connectivity index (χ4v) is 0.690. The number of carboxylic acid groups (broad SMARTS) is 2. The van der Waals surface area contributed by atoms with Crippen LogP contribution in [0.2, 0.25) is 0 Å². The molecule has 0 saturated carbocycles. The van der Waals surface area contributed by atoms with Crippen molar-refractivity contribution >= 4 is 18.0 Å². The van der Waals surface area contributed by atoms with Gasteiger partial charge in [0.25, 0.3) is 0 Å². The minimum absolute atomic E-state index is 0.0885. The average Bonchev–Trinajstić information content (AvgIpc) is 2.02. The number of carbonyl (C=O) groups is 3. The first-order chi connectivity index (χ1) is 6.47. The van der Waals surface area contributed by atoms with E-state index in [2.05, 4.69) is 4.74 Å². The summed E-state index contributed by atoms with van der Waals surface area (Å²) in [5.41, 5.74) is 0. The normalized spacial score (nSPS) is 11.5. The number of carbonyl (C=O) groups excluding carboxylic acids is 1. The van der Waals surface area contributed by atoms with Gasteiger partial charge in [0.05, 0.1) is 13.0 Å². The molecule has 0 aromatic heterocycles. The monoisotopic (exact) mass is 205 g/mol. The van der Waals surface area contributed by atoms with Crippen LogP contribution in [0.4, 0.5) is 4.79 Å². The summed E-state index contributed by atoms with van der Waals surface area (Å²) in [5.74, 6) is -2.73. The van der Waals surface area contributed by atoms with Crippen molar-refractivity contribution in [3.8, 4) is 0 Å². The molecule has 1 atom stereocenters. The van der Waals surface area contributed by atoms with Gasteiger partial charge in [0, 0.05) is 0 Å². The van der Waals surface area contributed by atoms with Crippen molar-refractivity contribution in [3.63, 3.8) is 0 Å². The molecule has 0 aliphatic carbocycles. The molecule has 0 radical (unpaired) electrons. The fourth-order valence-electron chi connectivity index (χ4n) is 0.690. The van der Waals surface area contributed by atoms with Crippen LogP contribution in [0.15, 0.2) is 0 Å². The van der Waals surface area contributed by atoms with Gasteiger partial charge in [0.2, 0.25) is 0 Å². The SMILES string of the molecule is CCOC(=O)NC(CC(=O)O)C(=O)O. The number of amides is 1. The van der Waals surface area contributed by atoms with Gasteiger partial charge in [-0.3, -0.25) is 4.79 Å². The third-order valence-electron chi connectivity index (χ3n) is 1.24. The fraction of sp³-hybridized carbons (Fsp3) is 0.571. The Morgan fingerprint density at radius 3 is 2.29 bits per heavy atom. The standard InChI is InChI=1S/C7H11NO6/c1-2-14-7(13)8-4(6(11)12)3-5(9)10/h4H,2-3H2,1H3,(H,8,13)(H,9,10)(H,11,12). The lowest BCUT2D eigenvalue weighted by atomic mass is 10.2. The van der Waals surface area contributed by atoms with E-state index >= 15 is 0 Å². The van der Waals surface area contributed by atoms with Crippen molar-refractivity contribution in [1.29, 1.82) is 0 Å². The topological polar surface area (TPSA) is 113 Å². The highest BCUT2D eigenvalue weighted by atomic mass is 16.5. The second kappa shape index (κ2) is 5.79. The number of rotatable bonds is 5. The second-order valence-corrected chi connectivity index (χ2v) is 2.35. The lowest BCUT2D eigenvalue weighted by Gasteiger charge is -2.11. The van der Waals surface area contributed by atoms with Crippen LogP contribution in [0.1, 0.15) is 13.3 Å². The zero-order valence-electron chi connectivity index (χ0n) is 7.52. The molecule has 1 amide bonds. The average molecular weight is 205 g/mol. The van der Waals surface area contributed by atoms with Crippen LogP contribution in [0.5, 0.6) is 0 Å². The van der Waals surface area contributed by atoms with Crippen LogP contribution in [-0.4, -0.2) is 40.9 Å². The molecule has 0 heterocycles. The molecule has 7 nitrogen and oxygen atoms in total. The van der Waals surface area contributed by atoms with Gasteiger partial charge in [-0.1, -0.05) is 0 Å². The largest absolute Gasteiger partial charge is 0.481 e. The highest BCUT2D eigenvalue weighted by molar-refractivity contribution is 5.84. The van der Waals surface area contributed by atoms with Crippen molar-refractivity contribution < 1.29 is 29.3 Å². The van der Waals surface area contributed by atoms with Crippen LogP contribution in [0, 0.1) is 0 Å². The summed E-state index contributed by atoms with van der Waals surface area (Å²) in [6, 6.07) is -1.47. The van der Waals surface area contributed by atoms with Crippen LogP contribution >= 0.6 is 0 Å². The number of ether oxygens (including phenoxy) is 1. The molecular weight excluding hydrogens is 194 g/mol. The Labute approximate surface area is 79.7 Å². The van der Waals surface area contributed by atoms with Crippen LogP contribution in [0.25, 0.3) is 0 Å². The minimum atomic E-state index is -1.47. The highest BCUT2D eigenvalue weighted by Gasteiger charge is 2.23. The van der Waals surface area contributed by atoms with E-state index in [1.165, 1.54) is 0 Å². The predicted molar refractivity (Wildman–Crippen MR) is 43.8 cm³/mol. The molecule has 0 saturated heterocycles. The number of alkyl carbamates (subject to hydrolysis) is 1. The van der Waals surface area contributed by atoms with Crippen LogP contribution < -0.4 is 5.32 Å². The smallest absolute Gasteiger partial charge is 0.407 e. The Kier molecular flexibility index (Phi) is 5.05. The Morgan fingerprint density at radius 2 is 1.93 bits per heavy atom. The Hall–Kier alpha value is -1.79. The lowest BCUT2D eigenvalue weighted by Crippen LogP contribution is -2.42. The molecule has 14 heavy (non-hydrogen) atoms. The maximum atomic E-state index is 10.7. The van der Waals surface area contributed by atoms with E-state index in [1.54, 1.807) is 6.92 Å². The molecule has 80 valence electrons. The molecule has 0 aromatic carbocycles. The summed E-state index contributed by atoms with van der Waals surface area (Å²) in [5, 5.41) is 18.7. The maximum Gasteiger partial charge on any atom is 0.407 e. The summed E-state index contributed by atoms with van der Waals surface area (Å²) in [4.78, 5) is 31.4. The van der Waals surface area contributed by atoms with Crippen molar-refractivity contribution in [2.24, 2.45) is 0 Å². The van der Waals surface area contributed by atoms with E-state index in [0.29, 0.717) is 0 Å². The summed E-state index contributed by atoms with van der Waals surface area (Å²) >= 11 is 0. The van der Waals surface area contributed by atoms with Gasteiger partial charge in [-0.15, -0.1) is 0 Å². The van der Waals surface area contributed by atoms with Gasteiger partial charge in [-0.2, -0.15) is 0 Å². The van der Waals surface area contributed by atoms with E-state index in [4.69, 9.17) is 10.2 Å². The first kappa shape index (κ1) is 12.2. The van der Waals surface area contributed by atoms with Gasteiger partial charge in [0.15, 0.2) is 0 Å². The quantitative estimate of drug-likeness (QED) is 0.565. The minimum Gasteiger partial charge on any atom is -0.481 e. The molecule has 0 rings (SSSR count). The molecule has 0 spiro atoms. The van der Waals surface area contributed by atoms with Crippen LogP contribution in [-0.2, 0) is 14.3 Å². The third-order valence-corrected chi connectivity index (χ3v) is 1.24. The summed E-state index contributed by atoms with van der Waals surface area (Å²) in [6.07, 6.45) is -1.63. The molecule has 0 aromatic rings. The summed E-state index contributed by atoms with van der Waals surface area (Å²) in [7, 11) is 0. The van der Waals surface area contributed by atoms with Crippen molar-refractivity contribution in [3.05, 3.63) is 0 Å². The van der Waals surface area contributed by atoms with E-state index < -0.39 is 30.5 Å². The summed E-state index contributed by atoms with van der Waals surface area (Å²) in [6.45, 7) is 1.64. The predicted octanol–water partition coefficient (Wildman–Crippen LogP) is -0.340. The summed E-state index contributed by atoms with van der Waals surface area (Å²) < 4.78 is 4.40. The molecule has 1 unspecified atom stereocenters. The van der Waals surface area contributed by atoms with Crippen molar-refractivity contribution in [2.75, 3.05) is 6.61 Å². The van der Waals surface area contributed by atoms with Crippen molar-refractivity contribution in [2.45, 2.75) is 19.4 Å². The van der Waals surface area contributed by atoms with E-state index in [0.717, 1.165) is 0 Å². The first-order valence-electron chi connectivity index (χ1n) is 3.85. The first-order valence-corrected chi connectivity index (χ1v) is 3.85. The molecule has 7 heteroatoms. The lowest BCUT2D eigenvalue weighted by molar-refractivity contribution is -0.145. The number of hydrogen-bond donors (Lipinski definition) is 3. The van der Waals surface area contributed by atoms with Crippen LogP contribution in [0.3, 0.4) is 0 Å². The Morgan fingerprint density at radius 1 is 1.36 bits per heavy atom. The Balaban J connectivity index is 4.16. The molecule has 0 aliphatic heterocycles. The van der Waals surface area contributed by atoms with E-state index in [1.807, 2.05) is 5.32 Å². The van der Waals surface area contributed by atoms with Gasteiger partial charge in [0.1, 0.15) is 6.04 Å².